The third-order valence-electron chi connectivity index (χ3n) is 4.37. The largest absolute Gasteiger partial charge is 0.417 e. The maximum Gasteiger partial charge on any atom is 0.417 e. The molecule has 0 atom stereocenters. The monoisotopic (exact) mass is 443 g/mol. The first kappa shape index (κ1) is 21.7. The molecule has 30 heavy (non-hydrogen) atoms. The van der Waals surface area contributed by atoms with Crippen molar-refractivity contribution in [2.75, 3.05) is 6.61 Å². The zero-order chi connectivity index (χ0) is 22.3. The topological polar surface area (TPSA) is 135 Å². The Kier molecular flexibility index (Phi) is 5.58. The van der Waals surface area contributed by atoms with E-state index in [4.69, 9.17) is 10.2 Å². The Morgan fingerprint density at radius 2 is 1.83 bits per heavy atom. The first-order chi connectivity index (χ1) is 13.9. The second kappa shape index (κ2) is 7.70. The number of aliphatic hydroxyl groups excluding tert-OH is 1. The quantitative estimate of drug-likeness (QED) is 0.544. The van der Waals surface area contributed by atoms with E-state index in [0.717, 1.165) is 6.07 Å². The summed E-state index contributed by atoms with van der Waals surface area (Å²) in [6.45, 7) is -0.202. The van der Waals surface area contributed by atoms with Gasteiger partial charge in [-0.05, 0) is 35.2 Å². The number of hydrogen-bond acceptors (Lipinski definition) is 5. The van der Waals surface area contributed by atoms with Gasteiger partial charge in [-0.3, -0.25) is 4.79 Å². The zero-order valence-electron chi connectivity index (χ0n) is 15.2. The van der Waals surface area contributed by atoms with E-state index in [0.29, 0.717) is 16.2 Å². The number of sulfonamides is 1. The first-order valence-corrected chi connectivity index (χ1v) is 10.2. The fourth-order valence-electron chi connectivity index (χ4n) is 3.09. The average Bonchev–Trinajstić information content (AvgIpc) is 2.63. The Morgan fingerprint density at radius 3 is 2.43 bits per heavy atom. The maximum atomic E-state index is 13.7. The second-order valence-electron chi connectivity index (χ2n) is 6.57. The number of nitrogens with zero attached hydrogens (tertiary/aromatic N) is 1. The van der Waals surface area contributed by atoms with Gasteiger partial charge in [-0.25, -0.2) is 22.9 Å². The van der Waals surface area contributed by atoms with Crippen LogP contribution in [0.3, 0.4) is 0 Å². The molecule has 0 amide bonds. The molecule has 0 saturated carbocycles. The van der Waals surface area contributed by atoms with Gasteiger partial charge in [0, 0.05) is 6.61 Å². The Hall–Kier alpha value is -2.96. The smallest absolute Gasteiger partial charge is 0.396 e. The summed E-state index contributed by atoms with van der Waals surface area (Å²) >= 11 is 0. The SMILES string of the molecule is NS(=O)(=O)Cn1c(=O)[nH]c2cc(C(F)(F)F)c(-c3cccc(CCO)c3)cc2c1=O. The van der Waals surface area contributed by atoms with Crippen LogP contribution in [-0.4, -0.2) is 29.7 Å². The maximum absolute atomic E-state index is 13.7. The minimum atomic E-state index is -4.80. The minimum absolute atomic E-state index is 0.138. The number of aromatic nitrogens is 2. The van der Waals surface area contributed by atoms with E-state index < -0.39 is 44.4 Å². The Bertz CT molecular complexity index is 1340. The summed E-state index contributed by atoms with van der Waals surface area (Å²) in [4.78, 5) is 26.8. The van der Waals surface area contributed by atoms with Crippen LogP contribution in [0.2, 0.25) is 0 Å². The molecule has 1 heterocycles. The fraction of sp³-hybridized carbons (Fsp3) is 0.222. The summed E-state index contributed by atoms with van der Waals surface area (Å²) in [7, 11) is -4.26. The van der Waals surface area contributed by atoms with E-state index in [-0.39, 0.29) is 29.5 Å². The van der Waals surface area contributed by atoms with E-state index in [9.17, 15) is 31.2 Å². The third-order valence-corrected chi connectivity index (χ3v) is 4.99. The molecule has 2 aromatic carbocycles. The van der Waals surface area contributed by atoms with E-state index in [1.54, 1.807) is 6.07 Å². The first-order valence-electron chi connectivity index (χ1n) is 8.49. The molecule has 3 rings (SSSR count). The van der Waals surface area contributed by atoms with E-state index in [2.05, 4.69) is 4.98 Å². The molecular formula is C18H16F3N3O5S. The number of alkyl halides is 3. The lowest BCUT2D eigenvalue weighted by atomic mass is 9.95. The van der Waals surface area contributed by atoms with Crippen LogP contribution >= 0.6 is 0 Å². The zero-order valence-corrected chi connectivity index (χ0v) is 16.0. The predicted octanol–water partition coefficient (Wildman–Crippen LogP) is 1.16. The molecule has 4 N–H and O–H groups in total. The number of aromatic amines is 1. The van der Waals surface area contributed by atoms with Crippen molar-refractivity contribution in [2.24, 2.45) is 5.14 Å². The minimum Gasteiger partial charge on any atom is -0.396 e. The summed E-state index contributed by atoms with van der Waals surface area (Å²) in [5.41, 5.74) is -3.39. The van der Waals surface area contributed by atoms with Crippen molar-refractivity contribution in [1.29, 1.82) is 0 Å². The van der Waals surface area contributed by atoms with Gasteiger partial charge in [0.2, 0.25) is 10.0 Å². The number of aliphatic hydroxyl groups is 1. The third kappa shape index (κ3) is 4.45. The Balaban J connectivity index is 2.37. The Morgan fingerprint density at radius 1 is 1.13 bits per heavy atom. The number of halogens is 3. The molecule has 0 spiro atoms. The van der Waals surface area contributed by atoms with Gasteiger partial charge in [-0.1, -0.05) is 24.3 Å². The normalized spacial score (nSPS) is 12.4. The molecule has 0 fully saturated rings. The summed E-state index contributed by atoms with van der Waals surface area (Å²) in [6, 6.07) is 7.58. The van der Waals surface area contributed by atoms with Crippen LogP contribution in [0, 0.1) is 0 Å². The molecule has 160 valence electrons. The van der Waals surface area contributed by atoms with E-state index in [1.807, 2.05) is 0 Å². The lowest BCUT2D eigenvalue weighted by molar-refractivity contribution is -0.137. The molecule has 0 bridgehead atoms. The number of nitrogens with two attached hydrogens (primary N) is 1. The van der Waals surface area contributed by atoms with Crippen LogP contribution in [0.1, 0.15) is 11.1 Å². The van der Waals surface area contributed by atoms with Crippen LogP contribution in [0.5, 0.6) is 0 Å². The van der Waals surface area contributed by atoms with Gasteiger partial charge >= 0.3 is 11.9 Å². The molecule has 0 aliphatic rings. The summed E-state index contributed by atoms with van der Waals surface area (Å²) < 4.78 is 64.0. The highest BCUT2D eigenvalue weighted by atomic mass is 32.2. The van der Waals surface area contributed by atoms with Crippen molar-refractivity contribution in [3.05, 3.63) is 68.4 Å². The molecular weight excluding hydrogens is 427 g/mol. The van der Waals surface area contributed by atoms with Crippen LogP contribution in [-0.2, 0) is 28.5 Å². The van der Waals surface area contributed by atoms with E-state index >= 15 is 0 Å². The molecule has 0 unspecified atom stereocenters. The highest BCUT2D eigenvalue weighted by Gasteiger charge is 2.34. The average molecular weight is 443 g/mol. The van der Waals surface area contributed by atoms with Crippen molar-refractivity contribution in [2.45, 2.75) is 18.5 Å². The van der Waals surface area contributed by atoms with Gasteiger partial charge in [0.15, 0.2) is 0 Å². The molecule has 0 aliphatic heterocycles. The van der Waals surface area contributed by atoms with Gasteiger partial charge in [0.05, 0.1) is 16.5 Å². The van der Waals surface area contributed by atoms with E-state index in [1.165, 1.54) is 18.2 Å². The molecule has 0 aliphatic carbocycles. The molecule has 0 saturated heterocycles. The lowest BCUT2D eigenvalue weighted by Crippen LogP contribution is -2.39. The van der Waals surface area contributed by atoms with Gasteiger partial charge in [0.1, 0.15) is 5.88 Å². The lowest BCUT2D eigenvalue weighted by Gasteiger charge is -2.15. The van der Waals surface area contributed by atoms with Crippen molar-refractivity contribution in [3.8, 4) is 11.1 Å². The number of hydrogen-bond donors (Lipinski definition) is 3. The van der Waals surface area contributed by atoms with Gasteiger partial charge in [-0.2, -0.15) is 13.2 Å². The van der Waals surface area contributed by atoms with Crippen LogP contribution in [0.25, 0.3) is 22.0 Å². The van der Waals surface area contributed by atoms with Crippen molar-refractivity contribution < 1.29 is 26.7 Å². The van der Waals surface area contributed by atoms with Gasteiger partial charge < -0.3 is 10.1 Å². The Labute approximate surface area is 167 Å². The summed E-state index contributed by atoms with van der Waals surface area (Å²) in [6.07, 6.45) is -4.58. The number of benzene rings is 2. The van der Waals surface area contributed by atoms with Crippen molar-refractivity contribution >= 4 is 20.9 Å². The number of nitrogens with one attached hydrogen (secondary N) is 1. The van der Waals surface area contributed by atoms with Crippen LogP contribution in [0.15, 0.2) is 46.0 Å². The molecule has 3 aromatic rings. The molecule has 1 aromatic heterocycles. The number of rotatable bonds is 5. The number of H-pyrrole nitrogens is 1. The highest BCUT2D eigenvalue weighted by molar-refractivity contribution is 7.88. The summed E-state index contributed by atoms with van der Waals surface area (Å²) in [5.74, 6) is -1.13. The predicted molar refractivity (Wildman–Crippen MR) is 103 cm³/mol. The fourth-order valence-corrected chi connectivity index (χ4v) is 3.69. The standard InChI is InChI=1S/C18H16F3N3O5S/c19-18(20,21)14-8-15-13(16(26)24(17(27)23-15)9-30(22,28)29)7-12(14)11-3-1-2-10(6-11)4-5-25/h1-3,6-8,25H,4-5,9H2,(H,23,27)(H2,22,28,29). The summed E-state index contributed by atoms with van der Waals surface area (Å²) in [5, 5.41) is 13.7. The van der Waals surface area contributed by atoms with Gasteiger partial charge in [-0.15, -0.1) is 0 Å². The van der Waals surface area contributed by atoms with Crippen LogP contribution in [0.4, 0.5) is 13.2 Å². The molecule has 0 radical (unpaired) electrons. The van der Waals surface area contributed by atoms with Gasteiger partial charge in [0.25, 0.3) is 5.56 Å². The second-order valence-corrected chi connectivity index (χ2v) is 8.15. The number of primary sulfonamides is 1. The molecule has 12 heteroatoms. The highest BCUT2D eigenvalue weighted by Crippen LogP contribution is 2.38. The van der Waals surface area contributed by atoms with Crippen LogP contribution < -0.4 is 16.4 Å². The molecule has 8 nitrogen and oxygen atoms in total. The number of fused-ring (bicyclic) bond motifs is 1. The van der Waals surface area contributed by atoms with Crippen molar-refractivity contribution in [3.63, 3.8) is 0 Å². The van der Waals surface area contributed by atoms with Crippen molar-refractivity contribution in [1.82, 2.24) is 9.55 Å².